The topological polar surface area (TPSA) is 93.1 Å². The van der Waals surface area contributed by atoms with Crippen molar-refractivity contribution in [3.63, 3.8) is 0 Å². The summed E-state index contributed by atoms with van der Waals surface area (Å²) in [7, 11) is 0. The summed E-state index contributed by atoms with van der Waals surface area (Å²) in [5.41, 5.74) is 0.503. The fourth-order valence-electron chi connectivity index (χ4n) is 2.04. The van der Waals surface area contributed by atoms with Crippen molar-refractivity contribution in [2.45, 2.75) is 20.1 Å². The van der Waals surface area contributed by atoms with Crippen molar-refractivity contribution in [3.8, 4) is 17.2 Å². The third-order valence-electron chi connectivity index (χ3n) is 3.31. The first-order valence-corrected chi connectivity index (χ1v) is 7.49. The Morgan fingerprint density at radius 3 is 2.28 bits per heavy atom. The number of benzene rings is 2. The van der Waals surface area contributed by atoms with Crippen LogP contribution in [0, 0.1) is 0 Å². The highest BCUT2D eigenvalue weighted by Gasteiger charge is 2.21. The van der Waals surface area contributed by atoms with Gasteiger partial charge in [-0.3, -0.25) is 4.79 Å². The van der Waals surface area contributed by atoms with Crippen LogP contribution in [0.3, 0.4) is 0 Å². The Balaban J connectivity index is 2.21. The molecule has 0 heterocycles. The molecule has 6 heteroatoms. The van der Waals surface area contributed by atoms with Crippen molar-refractivity contribution in [1.29, 1.82) is 0 Å². The first-order valence-electron chi connectivity index (χ1n) is 7.49. The van der Waals surface area contributed by atoms with Gasteiger partial charge in [-0.15, -0.1) is 0 Å². The average molecular weight is 342 g/mol. The van der Waals surface area contributed by atoms with E-state index in [2.05, 4.69) is 6.58 Å². The van der Waals surface area contributed by atoms with E-state index >= 15 is 0 Å². The normalized spacial score (nSPS) is 11.4. The second-order valence-electron chi connectivity index (χ2n) is 5.37. The molecule has 1 atom stereocenters. The zero-order chi connectivity index (χ0) is 18.6. The van der Waals surface area contributed by atoms with E-state index in [1.165, 1.54) is 26.0 Å². The van der Waals surface area contributed by atoms with Gasteiger partial charge < -0.3 is 19.7 Å². The molecule has 0 saturated carbocycles. The van der Waals surface area contributed by atoms with Gasteiger partial charge in [0.05, 0.1) is 5.56 Å². The number of rotatable bonds is 6. The van der Waals surface area contributed by atoms with Crippen LogP contribution in [0.2, 0.25) is 0 Å². The largest absolute Gasteiger partial charge is 0.504 e. The SMILES string of the molecule is C=C(C)C(=O)OC(C)Oc1ccc(C(=O)c2ccccc2)c(O)c1O. The van der Waals surface area contributed by atoms with Gasteiger partial charge in [-0.2, -0.15) is 0 Å². The van der Waals surface area contributed by atoms with Gasteiger partial charge in [0.25, 0.3) is 0 Å². The fraction of sp³-hybridized carbons (Fsp3) is 0.158. The lowest BCUT2D eigenvalue weighted by atomic mass is 10.0. The summed E-state index contributed by atoms with van der Waals surface area (Å²) >= 11 is 0. The predicted molar refractivity (Wildman–Crippen MR) is 90.6 cm³/mol. The van der Waals surface area contributed by atoms with E-state index in [-0.39, 0.29) is 16.9 Å². The molecule has 6 nitrogen and oxygen atoms in total. The van der Waals surface area contributed by atoms with E-state index in [4.69, 9.17) is 9.47 Å². The highest BCUT2D eigenvalue weighted by atomic mass is 16.7. The predicted octanol–water partition coefficient (Wildman–Crippen LogP) is 3.17. The maximum atomic E-state index is 12.4. The van der Waals surface area contributed by atoms with Crippen molar-refractivity contribution < 1.29 is 29.3 Å². The molecular weight excluding hydrogens is 324 g/mol. The molecule has 0 aliphatic carbocycles. The molecule has 0 aromatic heterocycles. The van der Waals surface area contributed by atoms with Crippen molar-refractivity contribution in [1.82, 2.24) is 0 Å². The summed E-state index contributed by atoms with van der Waals surface area (Å²) in [4.78, 5) is 23.8. The van der Waals surface area contributed by atoms with Crippen LogP contribution in [0.4, 0.5) is 0 Å². The number of hydrogen-bond acceptors (Lipinski definition) is 6. The summed E-state index contributed by atoms with van der Waals surface area (Å²) in [6.45, 7) is 6.38. The summed E-state index contributed by atoms with van der Waals surface area (Å²) in [5.74, 6) is -2.43. The second-order valence-corrected chi connectivity index (χ2v) is 5.37. The minimum absolute atomic E-state index is 0.0670. The van der Waals surface area contributed by atoms with Gasteiger partial charge in [0.15, 0.2) is 17.3 Å². The van der Waals surface area contributed by atoms with Crippen molar-refractivity contribution in [3.05, 3.63) is 65.7 Å². The van der Waals surface area contributed by atoms with E-state index < -0.39 is 29.5 Å². The number of aromatic hydroxyl groups is 2. The standard InChI is InChI=1S/C19H18O6/c1-11(2)19(23)25-12(3)24-15-10-9-14(17(21)18(15)22)16(20)13-7-5-4-6-8-13/h4-10,12,21-22H,1H2,2-3H3. The van der Waals surface area contributed by atoms with Gasteiger partial charge in [0.2, 0.25) is 12.0 Å². The van der Waals surface area contributed by atoms with E-state index in [1.54, 1.807) is 30.3 Å². The minimum atomic E-state index is -1.02. The fourth-order valence-corrected chi connectivity index (χ4v) is 2.04. The lowest BCUT2D eigenvalue weighted by molar-refractivity contribution is -0.156. The Kier molecular flexibility index (Phi) is 5.44. The molecule has 2 rings (SSSR count). The zero-order valence-electron chi connectivity index (χ0n) is 13.9. The average Bonchev–Trinajstić information content (AvgIpc) is 2.59. The van der Waals surface area contributed by atoms with Crippen LogP contribution in [0.15, 0.2) is 54.6 Å². The molecule has 2 aromatic rings. The molecule has 25 heavy (non-hydrogen) atoms. The molecule has 1 unspecified atom stereocenters. The zero-order valence-corrected chi connectivity index (χ0v) is 13.9. The van der Waals surface area contributed by atoms with Crippen LogP contribution in [0.5, 0.6) is 17.2 Å². The Bertz CT molecular complexity index is 810. The quantitative estimate of drug-likeness (QED) is 0.275. The number of carbonyl (C=O) groups is 2. The monoisotopic (exact) mass is 342 g/mol. The van der Waals surface area contributed by atoms with Gasteiger partial charge >= 0.3 is 5.97 Å². The lowest BCUT2D eigenvalue weighted by Crippen LogP contribution is -2.21. The molecule has 0 bridgehead atoms. The van der Waals surface area contributed by atoms with E-state index in [9.17, 15) is 19.8 Å². The molecule has 0 spiro atoms. The maximum absolute atomic E-state index is 12.4. The Morgan fingerprint density at radius 1 is 1.04 bits per heavy atom. The smallest absolute Gasteiger partial charge is 0.336 e. The van der Waals surface area contributed by atoms with Crippen LogP contribution in [-0.4, -0.2) is 28.3 Å². The van der Waals surface area contributed by atoms with E-state index in [1.807, 2.05) is 0 Å². The molecule has 2 N–H and O–H groups in total. The maximum Gasteiger partial charge on any atom is 0.336 e. The highest BCUT2D eigenvalue weighted by molar-refractivity contribution is 6.11. The van der Waals surface area contributed by atoms with Crippen molar-refractivity contribution in [2.24, 2.45) is 0 Å². The number of ketones is 1. The number of phenols is 2. The molecular formula is C19H18O6. The Labute approximate surface area is 144 Å². The minimum Gasteiger partial charge on any atom is -0.504 e. The van der Waals surface area contributed by atoms with Gasteiger partial charge in [-0.05, 0) is 19.1 Å². The molecule has 0 aliphatic rings. The number of hydrogen-bond donors (Lipinski definition) is 2. The molecule has 0 saturated heterocycles. The first-order chi connectivity index (χ1) is 11.8. The van der Waals surface area contributed by atoms with Crippen molar-refractivity contribution in [2.75, 3.05) is 0 Å². The molecule has 0 radical (unpaired) electrons. The summed E-state index contributed by atoms with van der Waals surface area (Å²) < 4.78 is 10.2. The van der Waals surface area contributed by atoms with Crippen LogP contribution in [0.25, 0.3) is 0 Å². The third kappa shape index (κ3) is 4.17. The summed E-state index contributed by atoms with van der Waals surface area (Å²) in [6.07, 6.45) is -1.02. The number of ether oxygens (including phenoxy) is 2. The van der Waals surface area contributed by atoms with E-state index in [0.717, 1.165) is 0 Å². The highest BCUT2D eigenvalue weighted by Crippen LogP contribution is 2.39. The molecule has 0 fully saturated rings. The van der Waals surface area contributed by atoms with Crippen LogP contribution >= 0.6 is 0 Å². The number of phenolic OH excluding ortho intramolecular Hbond substituents is 2. The molecule has 0 aliphatic heterocycles. The Morgan fingerprint density at radius 2 is 1.68 bits per heavy atom. The van der Waals surface area contributed by atoms with Gasteiger partial charge in [-0.1, -0.05) is 36.9 Å². The summed E-state index contributed by atoms with van der Waals surface area (Å²) in [5, 5.41) is 20.2. The van der Waals surface area contributed by atoms with Crippen molar-refractivity contribution >= 4 is 11.8 Å². The second kappa shape index (κ2) is 7.53. The number of esters is 1. The van der Waals surface area contributed by atoms with Crippen LogP contribution in [0.1, 0.15) is 29.8 Å². The van der Waals surface area contributed by atoms with Gasteiger partial charge in [-0.25, -0.2) is 4.79 Å². The summed E-state index contributed by atoms with van der Waals surface area (Å²) in [6, 6.07) is 11.0. The molecule has 0 amide bonds. The number of carbonyl (C=O) groups excluding carboxylic acids is 2. The van der Waals surface area contributed by atoms with Gasteiger partial charge in [0.1, 0.15) is 0 Å². The first kappa shape index (κ1) is 18.1. The Hall–Kier alpha value is -3.28. The lowest BCUT2D eigenvalue weighted by Gasteiger charge is -2.17. The third-order valence-corrected chi connectivity index (χ3v) is 3.31. The molecule has 130 valence electrons. The van der Waals surface area contributed by atoms with E-state index in [0.29, 0.717) is 5.56 Å². The van der Waals surface area contributed by atoms with Gasteiger partial charge in [0, 0.05) is 18.1 Å². The van der Waals surface area contributed by atoms with Crippen LogP contribution in [-0.2, 0) is 9.53 Å². The molecule has 2 aromatic carbocycles. The van der Waals surface area contributed by atoms with Crippen LogP contribution < -0.4 is 4.74 Å².